The van der Waals surface area contributed by atoms with Crippen molar-refractivity contribution in [1.82, 2.24) is 25.4 Å². The van der Waals surface area contributed by atoms with E-state index in [4.69, 9.17) is 4.74 Å². The Morgan fingerprint density at radius 3 is 2.61 bits per heavy atom. The van der Waals surface area contributed by atoms with Crippen molar-refractivity contribution in [2.75, 3.05) is 7.11 Å². The summed E-state index contributed by atoms with van der Waals surface area (Å²) in [5.74, 6) is 1.08. The van der Waals surface area contributed by atoms with Gasteiger partial charge in [-0.05, 0) is 23.6 Å². The van der Waals surface area contributed by atoms with E-state index in [0.717, 1.165) is 11.3 Å². The molecule has 0 aliphatic rings. The lowest BCUT2D eigenvalue weighted by atomic mass is 10.0. The van der Waals surface area contributed by atoms with Crippen molar-refractivity contribution in [1.29, 1.82) is 0 Å². The Morgan fingerprint density at radius 1 is 1.30 bits per heavy atom. The van der Waals surface area contributed by atoms with E-state index < -0.39 is 0 Å². The number of hydrogen-bond acceptors (Lipinski definition) is 4. The molecule has 0 fully saturated rings. The molecule has 0 bridgehead atoms. The summed E-state index contributed by atoms with van der Waals surface area (Å²) in [4.78, 5) is 16.0. The third kappa shape index (κ3) is 5.28. The molecule has 0 saturated carbocycles. The van der Waals surface area contributed by atoms with Crippen LogP contribution >= 0.6 is 0 Å². The maximum absolute atomic E-state index is 12.1. The summed E-state index contributed by atoms with van der Waals surface area (Å²) < 4.78 is 6.83. The van der Waals surface area contributed by atoms with Gasteiger partial charge < -0.3 is 15.4 Å². The first-order valence-electron chi connectivity index (χ1n) is 7.58. The first-order valence-corrected chi connectivity index (χ1v) is 7.58. The van der Waals surface area contributed by atoms with Gasteiger partial charge in [0, 0.05) is 6.54 Å². The molecule has 1 aromatic carbocycles. The highest BCUT2D eigenvalue weighted by atomic mass is 16.5. The minimum Gasteiger partial charge on any atom is -0.497 e. The van der Waals surface area contributed by atoms with E-state index in [-0.39, 0.29) is 18.0 Å². The molecular weight excluding hydrogens is 294 g/mol. The zero-order chi connectivity index (χ0) is 16.7. The first-order chi connectivity index (χ1) is 11.1. The van der Waals surface area contributed by atoms with Gasteiger partial charge in [-0.2, -0.15) is 5.10 Å². The molecule has 0 aliphatic heterocycles. The molecule has 2 aromatic rings. The van der Waals surface area contributed by atoms with Crippen LogP contribution in [0.4, 0.5) is 4.79 Å². The SMILES string of the molecule is COc1ccc(CNC(=O)NC(Cn2cncn2)C(C)C)cc1. The molecular formula is C16H23N5O2. The van der Waals surface area contributed by atoms with Gasteiger partial charge in [-0.1, -0.05) is 26.0 Å². The van der Waals surface area contributed by atoms with Crippen LogP contribution in [0.2, 0.25) is 0 Å². The van der Waals surface area contributed by atoms with Gasteiger partial charge in [0.25, 0.3) is 0 Å². The van der Waals surface area contributed by atoms with E-state index in [0.29, 0.717) is 13.1 Å². The lowest BCUT2D eigenvalue weighted by Gasteiger charge is -2.22. The average molecular weight is 317 g/mol. The Balaban J connectivity index is 1.83. The smallest absolute Gasteiger partial charge is 0.315 e. The van der Waals surface area contributed by atoms with Crippen molar-refractivity contribution in [3.8, 4) is 5.75 Å². The second-order valence-corrected chi connectivity index (χ2v) is 5.64. The van der Waals surface area contributed by atoms with E-state index in [2.05, 4.69) is 34.6 Å². The normalized spacial score (nSPS) is 12.0. The number of ether oxygens (including phenoxy) is 1. The van der Waals surface area contributed by atoms with Gasteiger partial charge in [0.2, 0.25) is 0 Å². The van der Waals surface area contributed by atoms with Crippen LogP contribution < -0.4 is 15.4 Å². The highest BCUT2D eigenvalue weighted by Crippen LogP contribution is 2.11. The third-order valence-corrected chi connectivity index (χ3v) is 3.58. The van der Waals surface area contributed by atoms with E-state index in [1.807, 2.05) is 24.3 Å². The summed E-state index contributed by atoms with van der Waals surface area (Å²) in [5, 5.41) is 9.93. The quantitative estimate of drug-likeness (QED) is 0.816. The number of nitrogens with zero attached hydrogens (tertiary/aromatic N) is 3. The minimum absolute atomic E-state index is 0.0208. The zero-order valence-corrected chi connectivity index (χ0v) is 13.7. The predicted octanol–water partition coefficient (Wildman–Crippen LogP) is 1.81. The average Bonchev–Trinajstić information content (AvgIpc) is 3.06. The van der Waals surface area contributed by atoms with Crippen molar-refractivity contribution in [2.24, 2.45) is 5.92 Å². The summed E-state index contributed by atoms with van der Waals surface area (Å²) >= 11 is 0. The molecule has 2 N–H and O–H groups in total. The molecule has 0 radical (unpaired) electrons. The van der Waals surface area contributed by atoms with Crippen molar-refractivity contribution in [3.63, 3.8) is 0 Å². The van der Waals surface area contributed by atoms with Crippen LogP contribution in [0.25, 0.3) is 0 Å². The molecule has 7 nitrogen and oxygen atoms in total. The second-order valence-electron chi connectivity index (χ2n) is 5.64. The number of aromatic nitrogens is 3. The van der Waals surface area contributed by atoms with Crippen LogP contribution in [0, 0.1) is 5.92 Å². The number of hydrogen-bond donors (Lipinski definition) is 2. The Kier molecular flexibility index (Phi) is 5.96. The fraction of sp³-hybridized carbons (Fsp3) is 0.438. The van der Waals surface area contributed by atoms with Crippen LogP contribution in [-0.2, 0) is 13.1 Å². The zero-order valence-electron chi connectivity index (χ0n) is 13.7. The fourth-order valence-electron chi connectivity index (χ4n) is 2.10. The van der Waals surface area contributed by atoms with Crippen LogP contribution in [0.3, 0.4) is 0 Å². The molecule has 2 amide bonds. The molecule has 0 spiro atoms. The fourth-order valence-corrected chi connectivity index (χ4v) is 2.10. The molecule has 0 aliphatic carbocycles. The van der Waals surface area contributed by atoms with Gasteiger partial charge in [-0.25, -0.2) is 9.78 Å². The van der Waals surface area contributed by atoms with Gasteiger partial charge in [0.05, 0.1) is 19.7 Å². The van der Waals surface area contributed by atoms with Crippen molar-refractivity contribution < 1.29 is 9.53 Å². The van der Waals surface area contributed by atoms with Crippen molar-refractivity contribution >= 4 is 6.03 Å². The molecule has 0 saturated heterocycles. The predicted molar refractivity (Wildman–Crippen MR) is 87.0 cm³/mol. The monoisotopic (exact) mass is 317 g/mol. The standard InChI is InChI=1S/C16H23N5O2/c1-12(2)15(9-21-11-17-10-19-21)20-16(22)18-8-13-4-6-14(23-3)7-5-13/h4-7,10-12,15H,8-9H2,1-3H3,(H2,18,20,22). The van der Waals surface area contributed by atoms with Crippen LogP contribution in [0.15, 0.2) is 36.9 Å². The van der Waals surface area contributed by atoms with Crippen LogP contribution in [0.1, 0.15) is 19.4 Å². The minimum atomic E-state index is -0.195. The number of carbonyl (C=O) groups is 1. The van der Waals surface area contributed by atoms with E-state index in [9.17, 15) is 4.79 Å². The molecule has 23 heavy (non-hydrogen) atoms. The van der Waals surface area contributed by atoms with E-state index >= 15 is 0 Å². The van der Waals surface area contributed by atoms with Crippen LogP contribution in [0.5, 0.6) is 5.75 Å². The summed E-state index contributed by atoms with van der Waals surface area (Å²) in [5.41, 5.74) is 1.01. The Labute approximate surface area is 136 Å². The molecule has 124 valence electrons. The number of carbonyl (C=O) groups excluding carboxylic acids is 1. The number of nitrogens with one attached hydrogen (secondary N) is 2. The summed E-state index contributed by atoms with van der Waals surface area (Å²) in [6.45, 7) is 5.17. The number of methoxy groups -OCH3 is 1. The van der Waals surface area contributed by atoms with Gasteiger partial charge in [-0.15, -0.1) is 0 Å². The maximum atomic E-state index is 12.1. The number of urea groups is 1. The summed E-state index contributed by atoms with van der Waals surface area (Å²) in [7, 11) is 1.63. The van der Waals surface area contributed by atoms with Crippen molar-refractivity contribution in [3.05, 3.63) is 42.5 Å². The highest BCUT2D eigenvalue weighted by Gasteiger charge is 2.17. The molecule has 7 heteroatoms. The molecule has 1 unspecified atom stereocenters. The van der Waals surface area contributed by atoms with Gasteiger partial charge >= 0.3 is 6.03 Å². The van der Waals surface area contributed by atoms with Crippen molar-refractivity contribution in [2.45, 2.75) is 33.0 Å². The first kappa shape index (κ1) is 16.8. The summed E-state index contributed by atoms with van der Waals surface area (Å²) in [6, 6.07) is 7.38. The van der Waals surface area contributed by atoms with Crippen LogP contribution in [-0.4, -0.2) is 33.9 Å². The number of benzene rings is 1. The topological polar surface area (TPSA) is 81.1 Å². The third-order valence-electron chi connectivity index (χ3n) is 3.58. The molecule has 2 rings (SSSR count). The highest BCUT2D eigenvalue weighted by molar-refractivity contribution is 5.74. The number of amides is 2. The summed E-state index contributed by atoms with van der Waals surface area (Å²) in [6.07, 6.45) is 3.13. The Hall–Kier alpha value is -2.57. The van der Waals surface area contributed by atoms with Gasteiger partial charge in [0.1, 0.15) is 18.4 Å². The van der Waals surface area contributed by atoms with Gasteiger partial charge in [0.15, 0.2) is 0 Å². The van der Waals surface area contributed by atoms with Gasteiger partial charge in [-0.3, -0.25) is 4.68 Å². The lowest BCUT2D eigenvalue weighted by Crippen LogP contribution is -2.46. The maximum Gasteiger partial charge on any atom is 0.315 e. The molecule has 1 heterocycles. The van der Waals surface area contributed by atoms with E-state index in [1.165, 1.54) is 6.33 Å². The largest absolute Gasteiger partial charge is 0.497 e. The lowest BCUT2D eigenvalue weighted by molar-refractivity contribution is 0.229. The molecule has 1 atom stereocenters. The molecule has 1 aromatic heterocycles. The second kappa shape index (κ2) is 8.17. The Bertz CT molecular complexity index is 595. The number of rotatable bonds is 7. The van der Waals surface area contributed by atoms with E-state index in [1.54, 1.807) is 18.1 Å². The Morgan fingerprint density at radius 2 is 2.04 bits per heavy atom.